The Hall–Kier alpha value is -8.91. The van der Waals surface area contributed by atoms with Gasteiger partial charge in [-0.3, -0.25) is 19.9 Å². The van der Waals surface area contributed by atoms with Crippen molar-refractivity contribution in [1.29, 1.82) is 0 Å². The molecule has 0 unspecified atom stereocenters. The molecule has 0 atom stereocenters. The third-order valence-corrected chi connectivity index (χ3v) is 12.0. The largest absolute Gasteiger partial charge is 0.456 e. The Kier molecular flexibility index (Phi) is 16.8. The van der Waals surface area contributed by atoms with Crippen LogP contribution in [0.5, 0.6) is 23.0 Å². The number of ether oxygens (including phenoxy) is 2. The van der Waals surface area contributed by atoms with E-state index in [1.807, 2.05) is 60.7 Å². The van der Waals surface area contributed by atoms with Gasteiger partial charge in [0, 0.05) is 74.2 Å². The highest BCUT2D eigenvalue weighted by molar-refractivity contribution is 6.62. The first-order valence-corrected chi connectivity index (χ1v) is 24.0. The van der Waals surface area contributed by atoms with Crippen LogP contribution >= 0.6 is 11.6 Å². The molecule has 10 rings (SSSR count). The Labute approximate surface area is 426 Å². The van der Waals surface area contributed by atoms with Gasteiger partial charge in [0.2, 0.25) is 0 Å². The van der Waals surface area contributed by atoms with Crippen LogP contribution in [-0.2, 0) is 0 Å². The molecule has 0 radical (unpaired) electrons. The predicted octanol–water partition coefficient (Wildman–Crippen LogP) is 10.3. The molecule has 4 saturated heterocycles. The molecule has 2 aromatic heterocycles. The van der Waals surface area contributed by atoms with Gasteiger partial charge in [0.05, 0.1) is 25.5 Å². The molecule has 4 aliphatic heterocycles. The molecular weight excluding hydrogens is 956 g/mol. The number of aromatic nitrogens is 2. The number of nitrogens with zero attached hydrogens (tertiary/aromatic N) is 8. The Bertz CT molecular complexity index is 2870. The first-order valence-electron chi connectivity index (χ1n) is 23.6. The number of nitrogens with two attached hydrogens (primary N) is 1. The molecule has 6 heterocycles. The minimum Gasteiger partial charge on any atom is -0.456 e. The van der Waals surface area contributed by atoms with Crippen LogP contribution in [0.2, 0.25) is 0 Å². The topological polar surface area (TPSA) is 228 Å². The van der Waals surface area contributed by atoms with Crippen LogP contribution in [0.1, 0.15) is 25.7 Å². The van der Waals surface area contributed by atoms with Crippen LogP contribution in [-0.4, -0.2) is 117 Å². The summed E-state index contributed by atoms with van der Waals surface area (Å²) in [6.07, 6.45) is 7.30. The lowest BCUT2D eigenvalue weighted by molar-refractivity contribution is 0.207. The Morgan fingerprint density at radius 2 is 0.945 bits per heavy atom. The number of likely N-dealkylation sites (tertiary alicyclic amines) is 2. The number of hydrogen-bond acceptors (Lipinski definition) is 11. The summed E-state index contributed by atoms with van der Waals surface area (Å²) < 4.78 is 11.6. The smallest absolute Gasteiger partial charge is 0.332 e. The summed E-state index contributed by atoms with van der Waals surface area (Å²) in [6.45, 7) is 4.71. The highest BCUT2D eigenvalue weighted by atomic mass is 35.5. The second-order valence-corrected chi connectivity index (χ2v) is 17.2. The SMILES string of the molecule is Nc1ccc(Oc2cccc(NC(=O)N3CCN(c4ccccc4)C3=O)c2)cn1.O=C(Cl)N1CCCC1.O=C(Nc1ccc(Oc2cccc(NC(=O)N3CCN(c4ccccc4)C3=O)c2)cn1)N1CCCC1. The number of urea groups is 5. The zero-order valence-corrected chi connectivity index (χ0v) is 40.4. The van der Waals surface area contributed by atoms with E-state index in [0.29, 0.717) is 72.2 Å². The normalized spacial score (nSPS) is 15.0. The highest BCUT2D eigenvalue weighted by Crippen LogP contribution is 2.28. The van der Waals surface area contributed by atoms with E-state index < -0.39 is 12.1 Å². The summed E-state index contributed by atoms with van der Waals surface area (Å²) in [6, 6.07) is 37.1. The molecule has 4 fully saturated rings. The zero-order valence-electron chi connectivity index (χ0n) is 39.6. The Morgan fingerprint density at radius 1 is 0.479 bits per heavy atom. The van der Waals surface area contributed by atoms with Crippen LogP contribution in [0.3, 0.4) is 0 Å². The quantitative estimate of drug-likeness (QED) is 0.0787. The maximum Gasteiger partial charge on any atom is 0.332 e. The lowest BCUT2D eigenvalue weighted by Gasteiger charge is -2.18. The van der Waals surface area contributed by atoms with Crippen molar-refractivity contribution >= 4 is 81.5 Å². The van der Waals surface area contributed by atoms with E-state index in [1.165, 1.54) is 22.2 Å². The number of anilines is 6. The number of nitrogens with one attached hydrogen (secondary N) is 3. The molecule has 20 nitrogen and oxygen atoms in total. The first-order chi connectivity index (χ1) is 35.5. The van der Waals surface area contributed by atoms with E-state index in [2.05, 4.69) is 25.9 Å². The number of carbonyl (C=O) groups excluding carboxylic acids is 6. The standard InChI is InChI=1S/C26H26N6O4.C21H19N5O3.C5H8ClNO/c33-24(30-13-4-5-14-30)29-23-12-11-22(18-27-23)36-21-10-6-7-19(17-21)28-25(34)32-16-15-31(26(32)35)20-8-2-1-3-9-20;22-19-10-9-18(14-23-19)29-17-8-4-5-15(13-17)24-20(27)26-12-11-25(21(26)28)16-6-2-1-3-7-16;6-5(8)7-3-1-2-4-7/h1-3,6-12,17-18H,4-5,13-16H2,(H,28,34)(H,27,29,33);1-10,13-14H,11-12H2,(H2,22,23)(H,24,27);1-4H2. The monoisotopic (exact) mass is 1010 g/mol. The molecular formula is C52H53ClN12O8. The van der Waals surface area contributed by atoms with Crippen LogP contribution in [0.25, 0.3) is 0 Å². The summed E-state index contributed by atoms with van der Waals surface area (Å²) in [5, 5.41) is 7.99. The van der Waals surface area contributed by atoms with Crippen LogP contribution < -0.4 is 41.0 Å². The number of imide groups is 2. The lowest BCUT2D eigenvalue weighted by atomic mass is 10.3. The summed E-state index contributed by atoms with van der Waals surface area (Å²) in [5.74, 6) is 2.86. The van der Waals surface area contributed by atoms with Crippen molar-refractivity contribution in [3.05, 3.63) is 146 Å². The van der Waals surface area contributed by atoms with Crippen LogP contribution in [0.15, 0.2) is 146 Å². The summed E-state index contributed by atoms with van der Waals surface area (Å²) in [5.41, 5.74) is 8.09. The maximum absolute atomic E-state index is 12.8. The molecule has 5 N–H and O–H groups in total. The average Bonchev–Trinajstić information content (AvgIpc) is 4.26. The zero-order chi connectivity index (χ0) is 51.1. The van der Waals surface area contributed by atoms with Crippen LogP contribution in [0.4, 0.5) is 63.2 Å². The molecule has 21 heteroatoms. The van der Waals surface area contributed by atoms with E-state index in [0.717, 1.165) is 63.2 Å². The number of halogens is 1. The van der Waals surface area contributed by atoms with Gasteiger partial charge in [0.15, 0.2) is 0 Å². The molecule has 4 aliphatic rings. The lowest BCUT2D eigenvalue weighted by Crippen LogP contribution is -2.39. The highest BCUT2D eigenvalue weighted by Gasteiger charge is 2.35. The number of pyridine rings is 2. The molecule has 73 heavy (non-hydrogen) atoms. The minimum absolute atomic E-state index is 0.152. The number of hydrogen-bond donors (Lipinski definition) is 4. The summed E-state index contributed by atoms with van der Waals surface area (Å²) >= 11 is 5.17. The first kappa shape index (κ1) is 50.5. The number of para-hydroxylation sites is 2. The van der Waals surface area contributed by atoms with Gasteiger partial charge in [-0.2, -0.15) is 0 Å². The number of amides is 11. The molecule has 376 valence electrons. The second-order valence-electron chi connectivity index (χ2n) is 16.8. The van der Waals surface area contributed by atoms with Gasteiger partial charge >= 0.3 is 35.5 Å². The van der Waals surface area contributed by atoms with Crippen molar-refractivity contribution in [2.75, 3.05) is 83.8 Å². The van der Waals surface area contributed by atoms with Crippen molar-refractivity contribution < 1.29 is 38.2 Å². The van der Waals surface area contributed by atoms with Gasteiger partial charge in [-0.05, 0) is 110 Å². The van der Waals surface area contributed by atoms with Gasteiger partial charge < -0.3 is 35.6 Å². The molecule has 11 amide bonds. The van der Waals surface area contributed by atoms with Crippen molar-refractivity contribution in [3.8, 4) is 23.0 Å². The molecule has 0 bridgehead atoms. The van der Waals surface area contributed by atoms with Gasteiger partial charge in [-0.25, -0.2) is 43.7 Å². The van der Waals surface area contributed by atoms with Gasteiger partial charge in [-0.15, -0.1) is 0 Å². The van der Waals surface area contributed by atoms with Crippen molar-refractivity contribution in [1.82, 2.24) is 29.6 Å². The van der Waals surface area contributed by atoms with Crippen molar-refractivity contribution in [2.45, 2.75) is 25.7 Å². The Morgan fingerprint density at radius 3 is 1.37 bits per heavy atom. The van der Waals surface area contributed by atoms with E-state index >= 15 is 0 Å². The molecule has 6 aromatic rings. The fourth-order valence-corrected chi connectivity index (χ4v) is 8.21. The molecule has 0 aliphatic carbocycles. The minimum atomic E-state index is -0.504. The van der Waals surface area contributed by atoms with Crippen LogP contribution in [0, 0.1) is 0 Å². The third-order valence-electron chi connectivity index (χ3n) is 11.8. The molecule has 0 spiro atoms. The van der Waals surface area contributed by atoms with Crippen molar-refractivity contribution in [2.24, 2.45) is 0 Å². The number of benzene rings is 4. The van der Waals surface area contributed by atoms with Crippen molar-refractivity contribution in [3.63, 3.8) is 0 Å². The van der Waals surface area contributed by atoms with E-state index in [9.17, 15) is 28.8 Å². The molecule has 4 aromatic carbocycles. The third kappa shape index (κ3) is 13.7. The second kappa shape index (κ2) is 24.3. The number of rotatable bonds is 9. The van der Waals surface area contributed by atoms with E-state index in [-0.39, 0.29) is 23.5 Å². The summed E-state index contributed by atoms with van der Waals surface area (Å²) in [4.78, 5) is 90.4. The fourth-order valence-electron chi connectivity index (χ4n) is 8.04. The Balaban J connectivity index is 0.000000172. The number of nitrogen functional groups attached to an aromatic ring is 1. The van der Waals surface area contributed by atoms with Gasteiger partial charge in [0.25, 0.3) is 0 Å². The van der Waals surface area contributed by atoms with Gasteiger partial charge in [0.1, 0.15) is 34.6 Å². The maximum atomic E-state index is 12.8. The van der Waals surface area contributed by atoms with E-state index in [4.69, 9.17) is 26.8 Å². The van der Waals surface area contributed by atoms with E-state index in [1.54, 1.807) is 92.4 Å². The van der Waals surface area contributed by atoms with Gasteiger partial charge in [-0.1, -0.05) is 48.5 Å². The number of carbonyl (C=O) groups is 6. The average molecular weight is 1010 g/mol. The predicted molar refractivity (Wildman–Crippen MR) is 278 cm³/mol. The fraction of sp³-hybridized carbons (Fsp3) is 0.231. The molecule has 0 saturated carbocycles. The summed E-state index contributed by atoms with van der Waals surface area (Å²) in [7, 11) is 0.